The number of carbonyl (C=O) groups excluding carboxylic acids is 1. The summed E-state index contributed by atoms with van der Waals surface area (Å²) in [6.07, 6.45) is 0.992. The number of nitrogens with one attached hydrogen (secondary N) is 1. The van der Waals surface area contributed by atoms with Gasteiger partial charge in [0.05, 0.1) is 12.1 Å². The zero-order chi connectivity index (χ0) is 13.0. The molecule has 0 aliphatic carbocycles. The molecule has 0 unspecified atom stereocenters. The first kappa shape index (κ1) is 12.8. The first-order valence-corrected chi connectivity index (χ1v) is 6.62. The molecule has 0 fully saturated rings. The van der Waals surface area contributed by atoms with Crippen molar-refractivity contribution < 1.29 is 9.18 Å². The van der Waals surface area contributed by atoms with Crippen molar-refractivity contribution in [1.82, 2.24) is 5.32 Å². The van der Waals surface area contributed by atoms with Crippen LogP contribution in [0.3, 0.4) is 0 Å². The van der Waals surface area contributed by atoms with Crippen molar-refractivity contribution in [3.8, 4) is 0 Å². The summed E-state index contributed by atoms with van der Waals surface area (Å²) in [5.41, 5.74) is 0.0878. The number of hydrogen-bond donors (Lipinski definition) is 1. The second kappa shape index (κ2) is 5.78. The fraction of sp³-hybridized carbons (Fsp3) is 0.214. The Morgan fingerprint density at radius 2 is 1.94 bits per heavy atom. The van der Waals surface area contributed by atoms with Crippen LogP contribution in [0.2, 0.25) is 0 Å². The van der Waals surface area contributed by atoms with Crippen molar-refractivity contribution in [1.29, 1.82) is 0 Å². The highest BCUT2D eigenvalue weighted by Crippen LogP contribution is 2.16. The largest absolute Gasteiger partial charge is 0.347 e. The Bertz CT molecular complexity index is 550. The number of hydrogen-bond acceptors (Lipinski definition) is 2. The van der Waals surface area contributed by atoms with Gasteiger partial charge in [0.1, 0.15) is 5.82 Å². The molecule has 0 saturated heterocycles. The van der Waals surface area contributed by atoms with Crippen LogP contribution in [0.25, 0.3) is 0 Å². The van der Waals surface area contributed by atoms with E-state index >= 15 is 0 Å². The summed E-state index contributed by atoms with van der Waals surface area (Å²) in [4.78, 5) is 14.1. The average Bonchev–Trinajstić information content (AvgIpc) is 2.84. The van der Waals surface area contributed by atoms with Gasteiger partial charge >= 0.3 is 0 Å². The molecule has 1 amide bonds. The summed E-state index contributed by atoms with van der Waals surface area (Å²) < 4.78 is 13.4. The molecule has 1 heterocycles. The number of benzene rings is 1. The van der Waals surface area contributed by atoms with Crippen LogP contribution in [0.1, 0.15) is 27.0 Å². The molecule has 0 bridgehead atoms. The molecule has 2 aromatic rings. The Kier molecular flexibility index (Phi) is 4.10. The number of halogens is 1. The van der Waals surface area contributed by atoms with Crippen LogP contribution in [0.5, 0.6) is 0 Å². The van der Waals surface area contributed by atoms with E-state index in [0.29, 0.717) is 6.54 Å². The maximum atomic E-state index is 13.4. The second-order valence-electron chi connectivity index (χ2n) is 3.88. The summed E-state index contributed by atoms with van der Waals surface area (Å²) in [5, 5.41) is 2.72. The number of rotatable bonds is 4. The number of aryl methyl sites for hydroxylation is 1. The van der Waals surface area contributed by atoms with E-state index in [1.807, 2.05) is 6.07 Å². The van der Waals surface area contributed by atoms with Crippen LogP contribution in [-0.2, 0) is 13.0 Å². The van der Waals surface area contributed by atoms with E-state index in [9.17, 15) is 9.18 Å². The predicted octanol–water partition coefficient (Wildman–Crippen LogP) is 3.38. The monoisotopic (exact) mass is 263 g/mol. The molecule has 0 atom stereocenters. The highest BCUT2D eigenvalue weighted by Gasteiger charge is 2.10. The average molecular weight is 263 g/mol. The van der Waals surface area contributed by atoms with E-state index in [4.69, 9.17) is 0 Å². The second-order valence-corrected chi connectivity index (χ2v) is 5.14. The molecule has 1 aromatic carbocycles. The van der Waals surface area contributed by atoms with E-state index in [2.05, 4.69) is 18.3 Å². The van der Waals surface area contributed by atoms with Crippen molar-refractivity contribution in [3.63, 3.8) is 0 Å². The van der Waals surface area contributed by atoms with Crippen molar-refractivity contribution in [3.05, 3.63) is 57.5 Å². The fourth-order valence-electron chi connectivity index (χ4n) is 1.62. The molecule has 18 heavy (non-hydrogen) atoms. The van der Waals surface area contributed by atoms with E-state index in [0.717, 1.165) is 11.3 Å². The summed E-state index contributed by atoms with van der Waals surface area (Å²) in [7, 11) is 0. The highest BCUT2D eigenvalue weighted by molar-refractivity contribution is 7.11. The summed E-state index contributed by atoms with van der Waals surface area (Å²) in [6, 6.07) is 10.0. The summed E-state index contributed by atoms with van der Waals surface area (Å²) in [6.45, 7) is 2.53. The molecule has 2 rings (SSSR count). The van der Waals surface area contributed by atoms with Gasteiger partial charge in [0.25, 0.3) is 5.91 Å². The Labute approximate surface area is 109 Å². The molecule has 0 aliphatic rings. The topological polar surface area (TPSA) is 29.1 Å². The van der Waals surface area contributed by atoms with Crippen LogP contribution < -0.4 is 5.32 Å². The maximum absolute atomic E-state index is 13.4. The Morgan fingerprint density at radius 3 is 2.61 bits per heavy atom. The lowest BCUT2D eigenvalue weighted by Gasteiger charge is -2.04. The standard InChI is InChI=1S/C14H14FNOS/c1-2-10-7-8-11(18-10)9-16-14(17)12-5-3-4-6-13(12)15/h3-8H,2,9H2,1H3,(H,16,17). The molecule has 0 saturated carbocycles. The van der Waals surface area contributed by atoms with Gasteiger partial charge in [-0.15, -0.1) is 11.3 Å². The Balaban J connectivity index is 1.98. The van der Waals surface area contributed by atoms with Gasteiger partial charge in [-0.2, -0.15) is 0 Å². The van der Waals surface area contributed by atoms with Gasteiger partial charge in [0, 0.05) is 9.75 Å². The minimum atomic E-state index is -0.490. The minimum absolute atomic E-state index is 0.0878. The third-order valence-electron chi connectivity index (χ3n) is 2.61. The molecule has 1 N–H and O–H groups in total. The smallest absolute Gasteiger partial charge is 0.254 e. The first-order valence-electron chi connectivity index (χ1n) is 5.81. The van der Waals surface area contributed by atoms with Gasteiger partial charge in [-0.1, -0.05) is 19.1 Å². The molecule has 1 aromatic heterocycles. The van der Waals surface area contributed by atoms with E-state index in [1.165, 1.54) is 17.0 Å². The van der Waals surface area contributed by atoms with Gasteiger partial charge in [0.15, 0.2) is 0 Å². The zero-order valence-corrected chi connectivity index (χ0v) is 10.9. The van der Waals surface area contributed by atoms with Gasteiger partial charge in [-0.05, 0) is 30.7 Å². The molecule has 4 heteroatoms. The SMILES string of the molecule is CCc1ccc(CNC(=O)c2ccccc2F)s1. The highest BCUT2D eigenvalue weighted by atomic mass is 32.1. The minimum Gasteiger partial charge on any atom is -0.347 e. The Morgan fingerprint density at radius 1 is 1.22 bits per heavy atom. The van der Waals surface area contributed by atoms with Crippen molar-refractivity contribution in [2.24, 2.45) is 0 Å². The summed E-state index contributed by atoms with van der Waals surface area (Å²) >= 11 is 1.67. The molecule has 0 radical (unpaired) electrons. The first-order chi connectivity index (χ1) is 8.70. The van der Waals surface area contributed by atoms with Gasteiger partial charge in [0.2, 0.25) is 0 Å². The molecule has 94 valence electrons. The predicted molar refractivity (Wildman–Crippen MR) is 71.3 cm³/mol. The number of amides is 1. The number of thiophene rings is 1. The van der Waals surface area contributed by atoms with Crippen molar-refractivity contribution in [2.75, 3.05) is 0 Å². The van der Waals surface area contributed by atoms with Crippen LogP contribution >= 0.6 is 11.3 Å². The third kappa shape index (κ3) is 2.96. The van der Waals surface area contributed by atoms with E-state index in [1.54, 1.807) is 23.5 Å². The van der Waals surface area contributed by atoms with Gasteiger partial charge < -0.3 is 5.32 Å². The zero-order valence-electron chi connectivity index (χ0n) is 10.1. The molecule has 0 spiro atoms. The molecule has 0 aliphatic heterocycles. The lowest BCUT2D eigenvalue weighted by Crippen LogP contribution is -2.23. The van der Waals surface area contributed by atoms with Crippen LogP contribution in [-0.4, -0.2) is 5.91 Å². The molecular formula is C14H14FNOS. The number of carbonyl (C=O) groups is 1. The normalized spacial score (nSPS) is 10.3. The van der Waals surface area contributed by atoms with Crippen LogP contribution in [0.4, 0.5) is 4.39 Å². The molecule has 2 nitrogen and oxygen atoms in total. The van der Waals surface area contributed by atoms with Crippen molar-refractivity contribution >= 4 is 17.2 Å². The lowest BCUT2D eigenvalue weighted by molar-refractivity contribution is 0.0947. The van der Waals surface area contributed by atoms with Crippen LogP contribution in [0.15, 0.2) is 36.4 Å². The van der Waals surface area contributed by atoms with E-state index in [-0.39, 0.29) is 11.5 Å². The maximum Gasteiger partial charge on any atom is 0.254 e. The van der Waals surface area contributed by atoms with Crippen LogP contribution in [0, 0.1) is 5.82 Å². The third-order valence-corrected chi connectivity index (χ3v) is 3.84. The quantitative estimate of drug-likeness (QED) is 0.900. The fourth-order valence-corrected chi connectivity index (χ4v) is 2.51. The lowest BCUT2D eigenvalue weighted by atomic mass is 10.2. The Hall–Kier alpha value is -1.68. The van der Waals surface area contributed by atoms with Gasteiger partial charge in [-0.3, -0.25) is 4.79 Å². The summed E-state index contributed by atoms with van der Waals surface area (Å²) in [5.74, 6) is -0.866. The van der Waals surface area contributed by atoms with E-state index < -0.39 is 5.82 Å². The van der Waals surface area contributed by atoms with Gasteiger partial charge in [-0.25, -0.2) is 4.39 Å². The molecular weight excluding hydrogens is 249 g/mol. The van der Waals surface area contributed by atoms with Crippen molar-refractivity contribution in [2.45, 2.75) is 19.9 Å².